The molecule has 3 rings (SSSR count). The maximum absolute atomic E-state index is 12.5. The van der Waals surface area contributed by atoms with Gasteiger partial charge in [0.1, 0.15) is 11.5 Å². The second-order valence-corrected chi connectivity index (χ2v) is 6.13. The zero-order chi connectivity index (χ0) is 18.7. The van der Waals surface area contributed by atoms with Crippen molar-refractivity contribution in [2.45, 2.75) is 13.8 Å². The van der Waals surface area contributed by atoms with Gasteiger partial charge in [0, 0.05) is 24.2 Å². The van der Waals surface area contributed by atoms with Gasteiger partial charge >= 0.3 is 6.09 Å². The Kier molecular flexibility index (Phi) is 5.28. The maximum Gasteiger partial charge on any atom is 0.415 e. The van der Waals surface area contributed by atoms with Gasteiger partial charge in [-0.05, 0) is 49.8 Å². The minimum atomic E-state index is -0.436. The third-order valence-electron chi connectivity index (χ3n) is 4.01. The molecule has 0 radical (unpaired) electrons. The van der Waals surface area contributed by atoms with E-state index in [4.69, 9.17) is 21.1 Å². The number of ether oxygens (including phenoxy) is 2. The van der Waals surface area contributed by atoms with E-state index >= 15 is 0 Å². The minimum Gasteiger partial charge on any atom is -0.452 e. The van der Waals surface area contributed by atoms with E-state index in [0.717, 1.165) is 5.56 Å². The van der Waals surface area contributed by atoms with Gasteiger partial charge < -0.3 is 14.4 Å². The molecule has 0 saturated heterocycles. The molecule has 6 heteroatoms. The molecule has 0 fully saturated rings. The molecule has 0 unspecified atom stereocenters. The van der Waals surface area contributed by atoms with Crippen LogP contribution in [-0.4, -0.2) is 29.9 Å². The lowest BCUT2D eigenvalue weighted by Crippen LogP contribution is -2.33. The monoisotopic (exact) mass is 371 g/mol. The van der Waals surface area contributed by atoms with Gasteiger partial charge in [0.05, 0.1) is 5.56 Å². The number of ketones is 1. The molecule has 1 aliphatic heterocycles. The van der Waals surface area contributed by atoms with Gasteiger partial charge in [-0.2, -0.15) is 0 Å². The molecular formula is C20H18ClNO4. The number of Topliss-reactive ketones (excluding diaryl/α,β-unsaturated/α-hetero) is 1. The van der Waals surface area contributed by atoms with Crippen LogP contribution in [0.25, 0.3) is 6.08 Å². The average molecular weight is 372 g/mol. The van der Waals surface area contributed by atoms with Crippen molar-refractivity contribution in [1.29, 1.82) is 0 Å². The molecule has 1 heterocycles. The topological polar surface area (TPSA) is 55.8 Å². The highest BCUT2D eigenvalue weighted by atomic mass is 35.5. The second kappa shape index (κ2) is 7.62. The minimum absolute atomic E-state index is 0.203. The predicted molar refractivity (Wildman–Crippen MR) is 99.8 cm³/mol. The van der Waals surface area contributed by atoms with Gasteiger partial charge in [0.2, 0.25) is 5.78 Å². The van der Waals surface area contributed by atoms with Crippen molar-refractivity contribution in [3.8, 4) is 11.5 Å². The Labute approximate surface area is 156 Å². The first-order valence-corrected chi connectivity index (χ1v) is 8.70. The normalized spacial score (nSPS) is 14.1. The number of carbonyl (C=O) groups is 2. The summed E-state index contributed by atoms with van der Waals surface area (Å²) in [7, 11) is 0. The number of allylic oxidation sites excluding steroid dienone is 1. The molecular weight excluding hydrogens is 354 g/mol. The molecule has 2 aromatic rings. The molecule has 2 aromatic carbocycles. The standard InChI is InChI=1S/C20H18ClNO4/c1-3-22(4-2)20(24)25-15-8-9-16-17(12-15)26-18(19(16)23)11-13-6-5-7-14(21)10-13/h5-12H,3-4H2,1-2H3/b18-11+. The first-order chi connectivity index (χ1) is 12.5. The molecule has 5 nitrogen and oxygen atoms in total. The fourth-order valence-electron chi connectivity index (χ4n) is 2.63. The Morgan fingerprint density at radius 1 is 1.19 bits per heavy atom. The Bertz CT molecular complexity index is 887. The summed E-state index contributed by atoms with van der Waals surface area (Å²) in [5.41, 5.74) is 1.20. The van der Waals surface area contributed by atoms with Gasteiger partial charge in [0.25, 0.3) is 0 Å². The second-order valence-electron chi connectivity index (χ2n) is 5.69. The zero-order valence-electron chi connectivity index (χ0n) is 14.5. The summed E-state index contributed by atoms with van der Waals surface area (Å²) in [6.45, 7) is 4.87. The Balaban J connectivity index is 1.81. The molecule has 0 spiro atoms. The summed E-state index contributed by atoms with van der Waals surface area (Å²) in [4.78, 5) is 26.1. The van der Waals surface area contributed by atoms with Crippen LogP contribution in [0.1, 0.15) is 29.8 Å². The van der Waals surface area contributed by atoms with E-state index < -0.39 is 6.09 Å². The fourth-order valence-corrected chi connectivity index (χ4v) is 2.82. The lowest BCUT2D eigenvalue weighted by atomic mass is 10.1. The molecule has 0 bridgehead atoms. The van der Waals surface area contributed by atoms with Crippen molar-refractivity contribution >= 4 is 29.6 Å². The molecule has 0 atom stereocenters. The van der Waals surface area contributed by atoms with Crippen molar-refractivity contribution in [3.63, 3.8) is 0 Å². The van der Waals surface area contributed by atoms with Crippen LogP contribution in [0.3, 0.4) is 0 Å². The third-order valence-corrected chi connectivity index (χ3v) is 4.25. The molecule has 134 valence electrons. The van der Waals surface area contributed by atoms with E-state index in [1.165, 1.54) is 0 Å². The summed E-state index contributed by atoms with van der Waals surface area (Å²) >= 11 is 5.97. The molecule has 0 aromatic heterocycles. The number of hydrogen-bond acceptors (Lipinski definition) is 4. The van der Waals surface area contributed by atoms with Crippen molar-refractivity contribution in [1.82, 2.24) is 4.90 Å². The van der Waals surface area contributed by atoms with Crippen molar-refractivity contribution in [2.75, 3.05) is 13.1 Å². The highest BCUT2D eigenvalue weighted by Crippen LogP contribution is 2.35. The quantitative estimate of drug-likeness (QED) is 0.724. The van der Waals surface area contributed by atoms with Crippen molar-refractivity contribution in [2.24, 2.45) is 0 Å². The molecule has 1 amide bonds. The van der Waals surface area contributed by atoms with Crippen LogP contribution in [0.2, 0.25) is 5.02 Å². The molecule has 0 aliphatic carbocycles. The number of nitrogens with zero attached hydrogens (tertiary/aromatic N) is 1. The molecule has 1 aliphatic rings. The summed E-state index contributed by atoms with van der Waals surface area (Å²) < 4.78 is 11.0. The SMILES string of the molecule is CCN(CC)C(=O)Oc1ccc2c(c1)O/C(=C/c1cccc(Cl)c1)C2=O. The summed E-state index contributed by atoms with van der Waals surface area (Å²) in [6.07, 6.45) is 1.20. The fraction of sp³-hybridized carbons (Fsp3) is 0.200. The highest BCUT2D eigenvalue weighted by molar-refractivity contribution is 6.30. The summed E-state index contributed by atoms with van der Waals surface area (Å²) in [5.74, 6) is 0.682. The van der Waals surface area contributed by atoms with Crippen LogP contribution in [0.5, 0.6) is 11.5 Å². The Morgan fingerprint density at radius 3 is 2.65 bits per heavy atom. The zero-order valence-corrected chi connectivity index (χ0v) is 15.2. The van der Waals surface area contributed by atoms with E-state index in [2.05, 4.69) is 0 Å². The summed E-state index contributed by atoms with van der Waals surface area (Å²) in [6, 6.07) is 11.9. The Hall–Kier alpha value is -2.79. The van der Waals surface area contributed by atoms with Crippen LogP contribution in [0.15, 0.2) is 48.2 Å². The van der Waals surface area contributed by atoms with Crippen LogP contribution in [0, 0.1) is 0 Å². The largest absolute Gasteiger partial charge is 0.452 e. The van der Waals surface area contributed by atoms with Gasteiger partial charge in [-0.25, -0.2) is 4.79 Å². The Morgan fingerprint density at radius 2 is 1.96 bits per heavy atom. The number of amides is 1. The number of fused-ring (bicyclic) bond motifs is 1. The lowest BCUT2D eigenvalue weighted by Gasteiger charge is -2.17. The van der Waals surface area contributed by atoms with E-state index in [9.17, 15) is 9.59 Å². The number of hydrogen-bond donors (Lipinski definition) is 0. The van der Waals surface area contributed by atoms with Gasteiger partial charge in [-0.3, -0.25) is 4.79 Å². The van der Waals surface area contributed by atoms with Gasteiger partial charge in [0.15, 0.2) is 5.76 Å². The van der Waals surface area contributed by atoms with Crippen LogP contribution in [0.4, 0.5) is 4.79 Å². The predicted octanol–water partition coefficient (Wildman–Crippen LogP) is 4.80. The van der Waals surface area contributed by atoms with E-state index in [0.29, 0.717) is 35.2 Å². The van der Waals surface area contributed by atoms with Crippen LogP contribution < -0.4 is 9.47 Å². The summed E-state index contributed by atoms with van der Waals surface area (Å²) in [5, 5.41) is 0.577. The third kappa shape index (κ3) is 3.73. The molecule has 0 N–H and O–H groups in total. The lowest BCUT2D eigenvalue weighted by molar-refractivity contribution is 0.101. The van der Waals surface area contributed by atoms with Crippen molar-refractivity contribution in [3.05, 3.63) is 64.4 Å². The number of carbonyl (C=O) groups excluding carboxylic acids is 2. The van der Waals surface area contributed by atoms with E-state index in [-0.39, 0.29) is 11.5 Å². The first-order valence-electron chi connectivity index (χ1n) is 8.32. The number of rotatable bonds is 4. The van der Waals surface area contributed by atoms with Crippen LogP contribution >= 0.6 is 11.6 Å². The van der Waals surface area contributed by atoms with Gasteiger partial charge in [-0.1, -0.05) is 23.7 Å². The highest BCUT2D eigenvalue weighted by Gasteiger charge is 2.28. The maximum atomic E-state index is 12.5. The first kappa shape index (κ1) is 18.0. The number of benzene rings is 2. The smallest absolute Gasteiger partial charge is 0.415 e. The van der Waals surface area contributed by atoms with E-state index in [1.54, 1.807) is 47.4 Å². The molecule has 0 saturated carbocycles. The van der Waals surface area contributed by atoms with E-state index in [1.807, 2.05) is 19.9 Å². The average Bonchev–Trinajstić information content (AvgIpc) is 2.91. The molecule has 26 heavy (non-hydrogen) atoms. The van der Waals surface area contributed by atoms with Crippen LogP contribution in [-0.2, 0) is 0 Å². The number of halogens is 1. The van der Waals surface area contributed by atoms with Crippen molar-refractivity contribution < 1.29 is 19.1 Å². The van der Waals surface area contributed by atoms with Gasteiger partial charge in [-0.15, -0.1) is 0 Å².